The fourth-order valence-corrected chi connectivity index (χ4v) is 2.36. The van der Waals surface area contributed by atoms with E-state index in [2.05, 4.69) is 10.6 Å². The van der Waals surface area contributed by atoms with Gasteiger partial charge in [-0.25, -0.2) is 4.39 Å². The predicted octanol–water partition coefficient (Wildman–Crippen LogP) is 2.82. The number of carbonyl (C=O) groups excluding carboxylic acids is 2. The first-order chi connectivity index (χ1) is 9.38. The van der Waals surface area contributed by atoms with Crippen LogP contribution in [0.1, 0.15) is 38.2 Å². The molecular weight excluding hydrogens is 283 g/mol. The van der Waals surface area contributed by atoms with Gasteiger partial charge in [0.25, 0.3) is 0 Å². The summed E-state index contributed by atoms with van der Waals surface area (Å²) >= 11 is 6.11. The van der Waals surface area contributed by atoms with Crippen LogP contribution in [0, 0.1) is 5.82 Å². The van der Waals surface area contributed by atoms with Crippen LogP contribution in [0.15, 0.2) is 12.1 Å². The van der Waals surface area contributed by atoms with Crippen LogP contribution in [0.4, 0.5) is 10.1 Å². The van der Waals surface area contributed by atoms with Crippen LogP contribution in [0.25, 0.3) is 0 Å². The van der Waals surface area contributed by atoms with Crippen molar-refractivity contribution < 1.29 is 14.0 Å². The molecule has 2 rings (SSSR count). The Bertz CT molecular complexity index is 560. The van der Waals surface area contributed by atoms with Gasteiger partial charge in [-0.1, -0.05) is 25.4 Å². The number of carbonyl (C=O) groups is 2. The largest absolute Gasteiger partial charge is 0.372 e. The van der Waals surface area contributed by atoms with E-state index in [0.29, 0.717) is 22.7 Å². The standard InChI is InChI=1S/C14H16ClFN2O2/c1-7(2)8-5-9(15)12(6-10(8)16)17-11-3-4-13(19)18-14(11)20/h5-7,11,17H,3-4H2,1-2H3,(H,18,19,20). The third-order valence-electron chi connectivity index (χ3n) is 3.28. The van der Waals surface area contributed by atoms with Gasteiger partial charge in [0.05, 0.1) is 10.7 Å². The number of piperidine rings is 1. The number of nitrogens with one attached hydrogen (secondary N) is 2. The Morgan fingerprint density at radius 2 is 2.10 bits per heavy atom. The van der Waals surface area contributed by atoms with Gasteiger partial charge in [0.1, 0.15) is 11.9 Å². The average Bonchev–Trinajstić information content (AvgIpc) is 2.36. The van der Waals surface area contributed by atoms with Crippen molar-refractivity contribution in [2.75, 3.05) is 5.32 Å². The van der Waals surface area contributed by atoms with E-state index < -0.39 is 11.9 Å². The fourth-order valence-electron chi connectivity index (χ4n) is 2.13. The molecule has 1 fully saturated rings. The third kappa shape index (κ3) is 3.10. The summed E-state index contributed by atoms with van der Waals surface area (Å²) in [4.78, 5) is 22.7. The first-order valence-corrected chi connectivity index (χ1v) is 6.85. The molecule has 4 nitrogen and oxygen atoms in total. The van der Waals surface area contributed by atoms with E-state index in [4.69, 9.17) is 11.6 Å². The molecule has 1 aromatic rings. The Morgan fingerprint density at radius 3 is 2.70 bits per heavy atom. The number of halogens is 2. The van der Waals surface area contributed by atoms with Gasteiger partial charge in [0.15, 0.2) is 0 Å². The number of imide groups is 1. The number of amides is 2. The minimum absolute atomic E-state index is 0.0251. The van der Waals surface area contributed by atoms with Gasteiger partial charge in [-0.3, -0.25) is 14.9 Å². The summed E-state index contributed by atoms with van der Waals surface area (Å²) in [6.45, 7) is 3.75. The zero-order valence-electron chi connectivity index (χ0n) is 11.3. The maximum Gasteiger partial charge on any atom is 0.249 e. The minimum atomic E-state index is -0.575. The van der Waals surface area contributed by atoms with Gasteiger partial charge in [-0.15, -0.1) is 0 Å². The van der Waals surface area contributed by atoms with E-state index in [-0.39, 0.29) is 24.1 Å². The first-order valence-electron chi connectivity index (χ1n) is 6.47. The Kier molecular flexibility index (Phi) is 4.28. The SMILES string of the molecule is CC(C)c1cc(Cl)c(NC2CCC(=O)NC2=O)cc1F. The Labute approximate surface area is 121 Å². The smallest absolute Gasteiger partial charge is 0.249 e. The number of anilines is 1. The lowest BCUT2D eigenvalue weighted by Crippen LogP contribution is -2.47. The lowest BCUT2D eigenvalue weighted by molar-refractivity contribution is -0.133. The Hall–Kier alpha value is -1.62. The van der Waals surface area contributed by atoms with Crippen LogP contribution in [0.3, 0.4) is 0 Å². The average molecular weight is 299 g/mol. The second kappa shape index (κ2) is 5.79. The van der Waals surface area contributed by atoms with Crippen LogP contribution >= 0.6 is 11.6 Å². The molecule has 6 heteroatoms. The zero-order valence-corrected chi connectivity index (χ0v) is 12.1. The van der Waals surface area contributed by atoms with Crippen LogP contribution in [-0.4, -0.2) is 17.9 Å². The monoisotopic (exact) mass is 298 g/mol. The van der Waals surface area contributed by atoms with Crippen molar-refractivity contribution in [1.29, 1.82) is 0 Å². The van der Waals surface area contributed by atoms with Crippen LogP contribution < -0.4 is 10.6 Å². The summed E-state index contributed by atoms with van der Waals surface area (Å²) < 4.78 is 13.9. The molecule has 1 saturated heterocycles. The van der Waals surface area contributed by atoms with Crippen molar-refractivity contribution >= 4 is 29.1 Å². The van der Waals surface area contributed by atoms with Gasteiger partial charge < -0.3 is 5.32 Å². The van der Waals surface area contributed by atoms with Crippen molar-refractivity contribution in [1.82, 2.24) is 5.32 Å². The molecule has 2 N–H and O–H groups in total. The molecule has 1 unspecified atom stereocenters. The van der Waals surface area contributed by atoms with Crippen molar-refractivity contribution in [3.05, 3.63) is 28.5 Å². The second-order valence-corrected chi connectivity index (χ2v) is 5.56. The molecule has 20 heavy (non-hydrogen) atoms. The first kappa shape index (κ1) is 14.8. The van der Waals surface area contributed by atoms with E-state index >= 15 is 0 Å². The molecule has 0 bridgehead atoms. The van der Waals surface area contributed by atoms with Gasteiger partial charge in [-0.05, 0) is 30.0 Å². The van der Waals surface area contributed by atoms with E-state index in [9.17, 15) is 14.0 Å². The van der Waals surface area contributed by atoms with Gasteiger partial charge >= 0.3 is 0 Å². The number of hydrogen-bond acceptors (Lipinski definition) is 3. The second-order valence-electron chi connectivity index (χ2n) is 5.16. The fraction of sp³-hybridized carbons (Fsp3) is 0.429. The molecule has 1 heterocycles. The molecule has 0 saturated carbocycles. The molecule has 1 aromatic carbocycles. The maximum atomic E-state index is 13.9. The lowest BCUT2D eigenvalue weighted by Gasteiger charge is -2.23. The lowest BCUT2D eigenvalue weighted by atomic mass is 10.0. The van der Waals surface area contributed by atoms with E-state index in [1.165, 1.54) is 6.07 Å². The summed E-state index contributed by atoms with van der Waals surface area (Å²) in [5.41, 5.74) is 0.895. The highest BCUT2D eigenvalue weighted by atomic mass is 35.5. The molecule has 0 radical (unpaired) electrons. The zero-order chi connectivity index (χ0) is 14.9. The molecule has 108 valence electrons. The van der Waals surface area contributed by atoms with E-state index in [1.54, 1.807) is 6.07 Å². The van der Waals surface area contributed by atoms with Crippen molar-refractivity contribution in [3.63, 3.8) is 0 Å². The van der Waals surface area contributed by atoms with E-state index in [0.717, 1.165) is 0 Å². The molecular formula is C14H16ClFN2O2. The summed E-state index contributed by atoms with van der Waals surface area (Å²) in [7, 11) is 0. The Balaban J connectivity index is 2.20. The summed E-state index contributed by atoms with van der Waals surface area (Å²) in [5, 5.41) is 5.49. The molecule has 1 atom stereocenters. The number of benzene rings is 1. The molecule has 0 aliphatic carbocycles. The molecule has 1 aliphatic rings. The molecule has 1 aliphatic heterocycles. The van der Waals surface area contributed by atoms with Gasteiger partial charge in [0, 0.05) is 6.42 Å². The number of rotatable bonds is 3. The van der Waals surface area contributed by atoms with Gasteiger partial charge in [-0.2, -0.15) is 0 Å². The summed E-state index contributed by atoms with van der Waals surface area (Å²) in [6, 6.07) is 2.28. The molecule has 2 amide bonds. The quantitative estimate of drug-likeness (QED) is 0.844. The van der Waals surface area contributed by atoms with Gasteiger partial charge in [0.2, 0.25) is 11.8 Å². The number of hydrogen-bond donors (Lipinski definition) is 2. The minimum Gasteiger partial charge on any atom is -0.372 e. The summed E-state index contributed by atoms with van der Waals surface area (Å²) in [6.07, 6.45) is 0.627. The van der Waals surface area contributed by atoms with Crippen LogP contribution in [0.2, 0.25) is 5.02 Å². The molecule has 0 aromatic heterocycles. The van der Waals surface area contributed by atoms with Crippen molar-refractivity contribution in [2.24, 2.45) is 0 Å². The normalized spacial score (nSPS) is 19.1. The van der Waals surface area contributed by atoms with Crippen molar-refractivity contribution in [3.8, 4) is 0 Å². The van der Waals surface area contributed by atoms with Crippen molar-refractivity contribution in [2.45, 2.75) is 38.6 Å². The topological polar surface area (TPSA) is 58.2 Å². The van der Waals surface area contributed by atoms with Crippen LogP contribution in [0.5, 0.6) is 0 Å². The molecule has 0 spiro atoms. The highest BCUT2D eigenvalue weighted by molar-refractivity contribution is 6.33. The summed E-state index contributed by atoms with van der Waals surface area (Å²) in [5.74, 6) is -1.04. The highest BCUT2D eigenvalue weighted by Gasteiger charge is 2.27. The third-order valence-corrected chi connectivity index (χ3v) is 3.59. The Morgan fingerprint density at radius 1 is 1.40 bits per heavy atom. The highest BCUT2D eigenvalue weighted by Crippen LogP contribution is 2.30. The predicted molar refractivity (Wildman–Crippen MR) is 75.3 cm³/mol. The van der Waals surface area contributed by atoms with Crippen LogP contribution in [-0.2, 0) is 9.59 Å². The maximum absolute atomic E-state index is 13.9. The van der Waals surface area contributed by atoms with E-state index in [1.807, 2.05) is 13.8 Å².